The molecule has 0 aromatic heterocycles. The standard InChI is InChI=1S/C14H20O/c1-2-12-3-5-13(6-4-12)11-14-7-9-15-10-8-14/h3-6,14H,2,7-11H2,1H3. The molecule has 1 heteroatoms. The van der Waals surface area contributed by atoms with E-state index in [-0.39, 0.29) is 0 Å². The van der Waals surface area contributed by atoms with Crippen molar-refractivity contribution in [2.24, 2.45) is 5.92 Å². The van der Waals surface area contributed by atoms with Gasteiger partial charge in [0.25, 0.3) is 0 Å². The molecule has 1 aliphatic rings. The fourth-order valence-electron chi connectivity index (χ4n) is 2.19. The van der Waals surface area contributed by atoms with E-state index in [1.807, 2.05) is 0 Å². The second kappa shape index (κ2) is 5.32. The van der Waals surface area contributed by atoms with Gasteiger partial charge in [0.1, 0.15) is 0 Å². The molecule has 1 heterocycles. The highest BCUT2D eigenvalue weighted by atomic mass is 16.5. The lowest BCUT2D eigenvalue weighted by molar-refractivity contribution is 0.0665. The van der Waals surface area contributed by atoms with Crippen molar-refractivity contribution in [3.63, 3.8) is 0 Å². The first-order chi connectivity index (χ1) is 7.38. The molecule has 0 amide bonds. The van der Waals surface area contributed by atoms with Crippen molar-refractivity contribution in [3.05, 3.63) is 35.4 Å². The molecule has 2 rings (SSSR count). The topological polar surface area (TPSA) is 9.23 Å². The van der Waals surface area contributed by atoms with Crippen molar-refractivity contribution in [2.45, 2.75) is 32.6 Å². The second-order valence-corrected chi connectivity index (χ2v) is 4.43. The van der Waals surface area contributed by atoms with Crippen LogP contribution in [0.1, 0.15) is 30.9 Å². The van der Waals surface area contributed by atoms with Gasteiger partial charge in [-0.1, -0.05) is 31.2 Å². The Labute approximate surface area is 92.5 Å². The van der Waals surface area contributed by atoms with Gasteiger partial charge < -0.3 is 4.74 Å². The number of hydrogen-bond donors (Lipinski definition) is 0. The third-order valence-electron chi connectivity index (χ3n) is 3.30. The smallest absolute Gasteiger partial charge is 0.0468 e. The summed E-state index contributed by atoms with van der Waals surface area (Å²) >= 11 is 0. The number of ether oxygens (including phenoxy) is 1. The van der Waals surface area contributed by atoms with Crippen LogP contribution >= 0.6 is 0 Å². The van der Waals surface area contributed by atoms with E-state index in [2.05, 4.69) is 31.2 Å². The molecule has 15 heavy (non-hydrogen) atoms. The molecular formula is C14H20O. The predicted octanol–water partition coefficient (Wildman–Crippen LogP) is 3.22. The summed E-state index contributed by atoms with van der Waals surface area (Å²) in [6.07, 6.45) is 4.83. The Kier molecular flexibility index (Phi) is 3.79. The van der Waals surface area contributed by atoms with Gasteiger partial charge in [-0.3, -0.25) is 0 Å². The molecule has 0 aliphatic carbocycles. The van der Waals surface area contributed by atoms with E-state index in [0.29, 0.717) is 0 Å². The van der Waals surface area contributed by atoms with Gasteiger partial charge in [0.2, 0.25) is 0 Å². The van der Waals surface area contributed by atoms with Crippen molar-refractivity contribution in [1.82, 2.24) is 0 Å². The van der Waals surface area contributed by atoms with Gasteiger partial charge in [-0.15, -0.1) is 0 Å². The summed E-state index contributed by atoms with van der Waals surface area (Å²) in [5.41, 5.74) is 2.92. The first-order valence-corrected chi connectivity index (χ1v) is 6.04. The fourth-order valence-corrected chi connectivity index (χ4v) is 2.19. The Morgan fingerprint density at radius 2 is 1.67 bits per heavy atom. The first-order valence-electron chi connectivity index (χ1n) is 6.04. The average molecular weight is 204 g/mol. The molecule has 1 fully saturated rings. The number of aryl methyl sites for hydroxylation is 1. The summed E-state index contributed by atoms with van der Waals surface area (Å²) in [5.74, 6) is 0.839. The van der Waals surface area contributed by atoms with Crippen molar-refractivity contribution in [3.8, 4) is 0 Å². The largest absolute Gasteiger partial charge is 0.381 e. The highest BCUT2D eigenvalue weighted by molar-refractivity contribution is 5.22. The van der Waals surface area contributed by atoms with E-state index in [1.165, 1.54) is 30.4 Å². The lowest BCUT2D eigenvalue weighted by Crippen LogP contribution is -2.17. The van der Waals surface area contributed by atoms with E-state index in [1.54, 1.807) is 0 Å². The zero-order chi connectivity index (χ0) is 10.5. The molecule has 0 saturated carbocycles. The minimum Gasteiger partial charge on any atom is -0.381 e. The summed E-state index contributed by atoms with van der Waals surface area (Å²) in [5, 5.41) is 0. The van der Waals surface area contributed by atoms with Crippen molar-refractivity contribution in [2.75, 3.05) is 13.2 Å². The van der Waals surface area contributed by atoms with Crippen LogP contribution in [0.15, 0.2) is 24.3 Å². The van der Waals surface area contributed by atoms with Gasteiger partial charge in [0.15, 0.2) is 0 Å². The normalized spacial score (nSPS) is 17.9. The SMILES string of the molecule is CCc1ccc(CC2CCOCC2)cc1. The van der Waals surface area contributed by atoms with Gasteiger partial charge in [-0.05, 0) is 42.7 Å². The minimum atomic E-state index is 0.839. The minimum absolute atomic E-state index is 0.839. The maximum Gasteiger partial charge on any atom is 0.0468 e. The van der Waals surface area contributed by atoms with E-state index >= 15 is 0 Å². The summed E-state index contributed by atoms with van der Waals surface area (Å²) < 4.78 is 5.37. The molecule has 1 saturated heterocycles. The molecule has 0 spiro atoms. The van der Waals surface area contributed by atoms with Gasteiger partial charge in [-0.25, -0.2) is 0 Å². The zero-order valence-corrected chi connectivity index (χ0v) is 9.54. The molecule has 1 aromatic rings. The maximum absolute atomic E-state index is 5.37. The van der Waals surface area contributed by atoms with Crippen molar-refractivity contribution < 1.29 is 4.74 Å². The van der Waals surface area contributed by atoms with Crippen LogP contribution in [0, 0.1) is 5.92 Å². The first kappa shape index (κ1) is 10.7. The molecule has 0 unspecified atom stereocenters. The van der Waals surface area contributed by atoms with Gasteiger partial charge in [0.05, 0.1) is 0 Å². The quantitative estimate of drug-likeness (QED) is 0.734. The van der Waals surface area contributed by atoms with E-state index < -0.39 is 0 Å². The molecule has 0 N–H and O–H groups in total. The third kappa shape index (κ3) is 3.07. The molecule has 1 aliphatic heterocycles. The Hall–Kier alpha value is -0.820. The molecular weight excluding hydrogens is 184 g/mol. The zero-order valence-electron chi connectivity index (χ0n) is 9.54. The van der Waals surface area contributed by atoms with Crippen LogP contribution in [0.3, 0.4) is 0 Å². The molecule has 1 nitrogen and oxygen atoms in total. The Morgan fingerprint density at radius 1 is 1.07 bits per heavy atom. The number of rotatable bonds is 3. The maximum atomic E-state index is 5.37. The molecule has 0 atom stereocenters. The fraction of sp³-hybridized carbons (Fsp3) is 0.571. The average Bonchev–Trinajstić information content (AvgIpc) is 2.31. The number of hydrogen-bond acceptors (Lipinski definition) is 1. The summed E-state index contributed by atoms with van der Waals surface area (Å²) in [4.78, 5) is 0. The van der Waals surface area contributed by atoms with E-state index in [0.717, 1.165) is 25.6 Å². The van der Waals surface area contributed by atoms with Crippen LogP contribution in [-0.4, -0.2) is 13.2 Å². The predicted molar refractivity (Wildman–Crippen MR) is 63.1 cm³/mol. The van der Waals surface area contributed by atoms with Crippen molar-refractivity contribution >= 4 is 0 Å². The van der Waals surface area contributed by atoms with Crippen LogP contribution in [0.5, 0.6) is 0 Å². The van der Waals surface area contributed by atoms with E-state index in [9.17, 15) is 0 Å². The Bertz CT molecular complexity index is 283. The van der Waals surface area contributed by atoms with Gasteiger partial charge in [-0.2, -0.15) is 0 Å². The second-order valence-electron chi connectivity index (χ2n) is 4.43. The number of benzene rings is 1. The van der Waals surface area contributed by atoms with Crippen LogP contribution in [0.4, 0.5) is 0 Å². The summed E-state index contributed by atoms with van der Waals surface area (Å²) in [6, 6.07) is 9.09. The van der Waals surface area contributed by atoms with Crippen molar-refractivity contribution in [1.29, 1.82) is 0 Å². The van der Waals surface area contributed by atoms with Gasteiger partial charge >= 0.3 is 0 Å². The Balaban J connectivity index is 1.91. The van der Waals surface area contributed by atoms with Crippen LogP contribution in [-0.2, 0) is 17.6 Å². The molecule has 0 bridgehead atoms. The monoisotopic (exact) mass is 204 g/mol. The van der Waals surface area contributed by atoms with E-state index in [4.69, 9.17) is 4.74 Å². The molecule has 1 aromatic carbocycles. The van der Waals surface area contributed by atoms with Crippen LogP contribution in [0.2, 0.25) is 0 Å². The van der Waals surface area contributed by atoms with Crippen LogP contribution in [0.25, 0.3) is 0 Å². The van der Waals surface area contributed by atoms with Crippen LogP contribution < -0.4 is 0 Å². The molecule has 82 valence electrons. The Morgan fingerprint density at radius 3 is 2.27 bits per heavy atom. The summed E-state index contributed by atoms with van der Waals surface area (Å²) in [6.45, 7) is 4.11. The molecule has 0 radical (unpaired) electrons. The highest BCUT2D eigenvalue weighted by Crippen LogP contribution is 2.20. The summed E-state index contributed by atoms with van der Waals surface area (Å²) in [7, 11) is 0. The highest BCUT2D eigenvalue weighted by Gasteiger charge is 2.13. The van der Waals surface area contributed by atoms with Gasteiger partial charge in [0, 0.05) is 13.2 Å². The third-order valence-corrected chi connectivity index (χ3v) is 3.30. The lowest BCUT2D eigenvalue weighted by atomic mass is 9.92. The lowest BCUT2D eigenvalue weighted by Gasteiger charge is -2.21.